The summed E-state index contributed by atoms with van der Waals surface area (Å²) < 4.78 is 30.5. The Morgan fingerprint density at radius 1 is 1.00 bits per heavy atom. The van der Waals surface area contributed by atoms with E-state index in [9.17, 15) is 18.3 Å². The van der Waals surface area contributed by atoms with Crippen molar-refractivity contribution < 1.29 is 13.5 Å². The lowest BCUT2D eigenvalue weighted by atomic mass is 10.1. The highest BCUT2D eigenvalue weighted by atomic mass is 32.2. The van der Waals surface area contributed by atoms with Crippen molar-refractivity contribution in [3.8, 4) is 5.75 Å². The Balaban J connectivity index is 1.77. The van der Waals surface area contributed by atoms with Gasteiger partial charge in [-0.05, 0) is 23.8 Å². The summed E-state index contributed by atoms with van der Waals surface area (Å²) in [5, 5.41) is 21.9. The first kappa shape index (κ1) is 18.9. The van der Waals surface area contributed by atoms with Crippen LogP contribution in [-0.4, -0.2) is 34.1 Å². The van der Waals surface area contributed by atoms with Gasteiger partial charge in [-0.25, -0.2) is 0 Å². The fourth-order valence-electron chi connectivity index (χ4n) is 3.52. The highest BCUT2D eigenvalue weighted by molar-refractivity contribution is 7.90. The van der Waals surface area contributed by atoms with Gasteiger partial charge in [0.25, 0.3) is 15.6 Å². The zero-order chi connectivity index (χ0) is 21.6. The number of anilines is 1. The molecule has 0 unspecified atom stereocenters. The van der Waals surface area contributed by atoms with E-state index in [1.165, 1.54) is 22.9 Å². The first-order valence-corrected chi connectivity index (χ1v) is 10.7. The lowest BCUT2D eigenvalue weighted by molar-refractivity contribution is 0.477. The van der Waals surface area contributed by atoms with Crippen molar-refractivity contribution >= 4 is 32.6 Å². The maximum absolute atomic E-state index is 13.4. The van der Waals surface area contributed by atoms with Crippen LogP contribution < -0.4 is 10.9 Å². The third kappa shape index (κ3) is 3.13. The van der Waals surface area contributed by atoms with Crippen LogP contribution in [0.5, 0.6) is 5.75 Å². The summed E-state index contributed by atoms with van der Waals surface area (Å²) in [6, 6.07) is 17.0. The van der Waals surface area contributed by atoms with E-state index in [0.717, 1.165) is 5.56 Å². The summed E-state index contributed by atoms with van der Waals surface area (Å²) in [4.78, 5) is 13.4. The van der Waals surface area contributed by atoms with Gasteiger partial charge in [-0.15, -0.1) is 9.50 Å². The molecule has 2 N–H and O–H groups in total. The fraction of sp³-hybridized carbons (Fsp3) is 0.0476. The predicted octanol–water partition coefficient (Wildman–Crippen LogP) is 2.11. The van der Waals surface area contributed by atoms with Crippen LogP contribution in [0, 0.1) is 0 Å². The number of aromatic nitrogens is 3. The second-order valence-electron chi connectivity index (χ2n) is 6.91. The number of aromatic hydroxyl groups is 1. The number of nitrogens with one attached hydrogen (secondary N) is 1. The lowest BCUT2D eigenvalue weighted by Gasteiger charge is -2.20. The molecule has 0 aliphatic carbocycles. The molecule has 0 fully saturated rings. The van der Waals surface area contributed by atoms with E-state index in [1.807, 2.05) is 30.3 Å². The molecule has 0 atom stereocenters. The minimum atomic E-state index is -4.06. The standard InChI is InChI=1S/C21H15N5O4S/c27-18-14-10-11-22-24-20(14)26(12-13-6-2-1-3-7-13)21(28)17(18)19-23-15-8-4-5-9-16(15)31(29,30)25-19/h1-11,27H,12H2,(H,23,25). The largest absolute Gasteiger partial charge is 0.506 e. The summed E-state index contributed by atoms with van der Waals surface area (Å²) >= 11 is 0. The van der Waals surface area contributed by atoms with Crippen molar-refractivity contribution in [2.24, 2.45) is 4.40 Å². The van der Waals surface area contributed by atoms with Crippen LogP contribution in [-0.2, 0) is 16.6 Å². The molecule has 1 aliphatic rings. The molecule has 0 radical (unpaired) electrons. The number of pyridine rings is 1. The second kappa shape index (κ2) is 7.03. The summed E-state index contributed by atoms with van der Waals surface area (Å²) in [5.41, 5.74) is 0.375. The van der Waals surface area contributed by atoms with Gasteiger partial charge in [0.2, 0.25) is 0 Å². The van der Waals surface area contributed by atoms with Crippen LogP contribution in [0.4, 0.5) is 5.69 Å². The Morgan fingerprint density at radius 3 is 2.55 bits per heavy atom. The number of nitrogens with zero attached hydrogens (tertiary/aromatic N) is 4. The summed E-state index contributed by atoms with van der Waals surface area (Å²) in [6.45, 7) is 0.152. The van der Waals surface area contributed by atoms with Gasteiger partial charge < -0.3 is 10.4 Å². The molecule has 154 valence electrons. The van der Waals surface area contributed by atoms with E-state index >= 15 is 0 Å². The minimum Gasteiger partial charge on any atom is -0.506 e. The van der Waals surface area contributed by atoms with Crippen molar-refractivity contribution in [1.82, 2.24) is 14.8 Å². The number of benzene rings is 2. The second-order valence-corrected chi connectivity index (χ2v) is 8.48. The number of hydrogen-bond acceptors (Lipinski definition) is 7. The zero-order valence-corrected chi connectivity index (χ0v) is 16.7. The molecule has 5 rings (SSSR count). The lowest BCUT2D eigenvalue weighted by Crippen LogP contribution is -2.33. The molecular weight excluding hydrogens is 418 g/mol. The van der Waals surface area contributed by atoms with E-state index < -0.39 is 21.3 Å². The average Bonchev–Trinajstić information content (AvgIpc) is 2.77. The number of sulfonamides is 1. The Morgan fingerprint density at radius 2 is 1.74 bits per heavy atom. The molecule has 4 aromatic rings. The van der Waals surface area contributed by atoms with E-state index in [2.05, 4.69) is 19.9 Å². The normalized spacial score (nSPS) is 14.5. The molecule has 0 saturated heterocycles. The topological polar surface area (TPSA) is 127 Å². The van der Waals surface area contributed by atoms with Crippen molar-refractivity contribution in [2.75, 3.05) is 5.32 Å². The summed E-state index contributed by atoms with van der Waals surface area (Å²) in [7, 11) is -4.06. The Bertz CT molecular complexity index is 1530. The van der Waals surface area contributed by atoms with E-state index in [4.69, 9.17) is 0 Å². The van der Waals surface area contributed by atoms with Crippen LogP contribution in [0.1, 0.15) is 11.1 Å². The van der Waals surface area contributed by atoms with E-state index in [1.54, 1.807) is 18.2 Å². The summed E-state index contributed by atoms with van der Waals surface area (Å²) in [5.74, 6) is -0.665. The zero-order valence-electron chi connectivity index (χ0n) is 15.9. The van der Waals surface area contributed by atoms with Gasteiger partial charge in [-0.1, -0.05) is 42.5 Å². The molecule has 0 saturated carbocycles. The first-order valence-electron chi connectivity index (χ1n) is 9.28. The number of hydrogen-bond donors (Lipinski definition) is 2. The molecular formula is C21H15N5O4S. The maximum Gasteiger partial charge on any atom is 0.286 e. The van der Waals surface area contributed by atoms with Crippen molar-refractivity contribution in [3.63, 3.8) is 0 Å². The monoisotopic (exact) mass is 433 g/mol. The molecule has 0 spiro atoms. The summed E-state index contributed by atoms with van der Waals surface area (Å²) in [6.07, 6.45) is 1.38. The Labute approximate surface area is 176 Å². The van der Waals surface area contributed by atoms with Crippen LogP contribution in [0.2, 0.25) is 0 Å². The molecule has 9 nitrogen and oxygen atoms in total. The smallest absolute Gasteiger partial charge is 0.286 e. The van der Waals surface area contributed by atoms with Gasteiger partial charge in [-0.2, -0.15) is 13.5 Å². The molecule has 0 amide bonds. The Kier molecular flexibility index (Phi) is 4.29. The highest BCUT2D eigenvalue weighted by Gasteiger charge is 2.30. The molecule has 2 aromatic heterocycles. The van der Waals surface area contributed by atoms with Crippen LogP contribution in [0.15, 0.2) is 80.9 Å². The van der Waals surface area contributed by atoms with Gasteiger partial charge in [0.05, 0.1) is 23.8 Å². The van der Waals surface area contributed by atoms with Crippen molar-refractivity contribution in [1.29, 1.82) is 0 Å². The molecule has 10 heteroatoms. The molecule has 31 heavy (non-hydrogen) atoms. The van der Waals surface area contributed by atoms with Gasteiger partial charge in [0, 0.05) is 0 Å². The molecule has 0 bridgehead atoms. The number of fused-ring (bicyclic) bond motifs is 2. The van der Waals surface area contributed by atoms with Crippen LogP contribution >= 0.6 is 0 Å². The highest BCUT2D eigenvalue weighted by Crippen LogP contribution is 2.31. The quantitative estimate of drug-likeness (QED) is 0.507. The molecule has 3 heterocycles. The SMILES string of the molecule is O=c1c(C2=NS(=O)(=O)c3ccccc3N2)c(O)c2ccnnc2n1Cc1ccccc1. The van der Waals surface area contributed by atoms with Gasteiger partial charge >= 0.3 is 0 Å². The first-order chi connectivity index (χ1) is 15.0. The van der Waals surface area contributed by atoms with E-state index in [0.29, 0.717) is 0 Å². The van der Waals surface area contributed by atoms with Crippen molar-refractivity contribution in [2.45, 2.75) is 11.4 Å². The number of para-hydroxylation sites is 1. The van der Waals surface area contributed by atoms with Crippen LogP contribution in [0.25, 0.3) is 11.0 Å². The van der Waals surface area contributed by atoms with E-state index in [-0.39, 0.29) is 39.6 Å². The fourth-order valence-corrected chi connectivity index (χ4v) is 4.65. The Hall–Kier alpha value is -4.05. The molecule has 2 aromatic carbocycles. The average molecular weight is 433 g/mol. The third-order valence-corrected chi connectivity index (χ3v) is 6.29. The van der Waals surface area contributed by atoms with Gasteiger partial charge in [-0.3, -0.25) is 9.36 Å². The number of rotatable bonds is 3. The number of amidine groups is 1. The maximum atomic E-state index is 13.4. The van der Waals surface area contributed by atoms with Crippen molar-refractivity contribution in [3.05, 3.63) is 88.3 Å². The van der Waals surface area contributed by atoms with Gasteiger partial charge in [0.1, 0.15) is 16.2 Å². The van der Waals surface area contributed by atoms with Gasteiger partial charge in [0.15, 0.2) is 11.5 Å². The predicted molar refractivity (Wildman–Crippen MR) is 115 cm³/mol. The third-order valence-electron chi connectivity index (χ3n) is 4.96. The van der Waals surface area contributed by atoms with Crippen LogP contribution in [0.3, 0.4) is 0 Å². The molecule has 1 aliphatic heterocycles. The minimum absolute atomic E-state index is 0.00509.